The van der Waals surface area contributed by atoms with Crippen LogP contribution < -0.4 is 14.5 Å². The van der Waals surface area contributed by atoms with E-state index in [9.17, 15) is 13.2 Å². The SMILES string of the molecule is COc1ccc(-c2cc3c(OS(=O)(=O)c4c(C(C)C)cc(C(C)C)cc4C(C)C)nc(C)nc3c(=O)n2C)cn1. The van der Waals surface area contributed by atoms with Gasteiger partial charge in [-0.25, -0.2) is 9.97 Å². The second-order valence-electron chi connectivity index (χ2n) is 10.9. The Balaban J connectivity index is 1.96. The summed E-state index contributed by atoms with van der Waals surface area (Å²) in [5, 5.41) is 0.194. The highest BCUT2D eigenvalue weighted by atomic mass is 32.2. The maximum atomic E-state index is 14.1. The number of methoxy groups -OCH3 is 1. The maximum absolute atomic E-state index is 14.1. The van der Waals surface area contributed by atoms with E-state index in [-0.39, 0.29) is 45.3 Å². The van der Waals surface area contributed by atoms with Crippen molar-refractivity contribution < 1.29 is 17.3 Å². The molecule has 0 saturated heterocycles. The van der Waals surface area contributed by atoms with Crippen molar-refractivity contribution in [3.8, 4) is 23.0 Å². The third-order valence-electron chi connectivity index (χ3n) is 6.93. The molecule has 0 saturated carbocycles. The van der Waals surface area contributed by atoms with Crippen LogP contribution in [0.25, 0.3) is 22.2 Å². The van der Waals surface area contributed by atoms with Gasteiger partial charge in [0.2, 0.25) is 11.8 Å². The Morgan fingerprint density at radius 1 is 0.900 bits per heavy atom. The van der Waals surface area contributed by atoms with Gasteiger partial charge in [0.25, 0.3) is 5.56 Å². The molecule has 3 aromatic heterocycles. The monoisotopic (exact) mass is 564 g/mol. The second-order valence-corrected chi connectivity index (χ2v) is 12.3. The molecule has 0 bridgehead atoms. The van der Waals surface area contributed by atoms with Crippen LogP contribution in [-0.4, -0.2) is 35.0 Å². The van der Waals surface area contributed by atoms with Gasteiger partial charge in [-0.1, -0.05) is 53.7 Å². The van der Waals surface area contributed by atoms with E-state index in [1.54, 1.807) is 38.4 Å². The Bertz CT molecular complexity index is 1710. The van der Waals surface area contributed by atoms with Gasteiger partial charge in [0.05, 0.1) is 18.2 Å². The van der Waals surface area contributed by atoms with Gasteiger partial charge in [-0.15, -0.1) is 0 Å². The lowest BCUT2D eigenvalue weighted by Gasteiger charge is -2.22. The molecule has 0 amide bonds. The molecule has 40 heavy (non-hydrogen) atoms. The van der Waals surface area contributed by atoms with Crippen LogP contribution in [0.1, 0.15) is 81.8 Å². The van der Waals surface area contributed by atoms with E-state index >= 15 is 0 Å². The van der Waals surface area contributed by atoms with Crippen LogP contribution >= 0.6 is 0 Å². The van der Waals surface area contributed by atoms with Gasteiger partial charge in [-0.2, -0.15) is 13.4 Å². The summed E-state index contributed by atoms with van der Waals surface area (Å²) in [6.45, 7) is 13.6. The van der Waals surface area contributed by atoms with E-state index in [1.165, 1.54) is 11.7 Å². The molecular weight excluding hydrogens is 528 g/mol. The van der Waals surface area contributed by atoms with Crippen LogP contribution in [0.3, 0.4) is 0 Å². The normalized spacial score (nSPS) is 12.1. The molecule has 4 aromatic rings. The summed E-state index contributed by atoms with van der Waals surface area (Å²) in [4.78, 5) is 26.5. The van der Waals surface area contributed by atoms with Crippen molar-refractivity contribution in [1.82, 2.24) is 19.5 Å². The van der Waals surface area contributed by atoms with Crippen LogP contribution in [-0.2, 0) is 17.2 Å². The van der Waals surface area contributed by atoms with E-state index in [1.807, 2.05) is 39.8 Å². The molecule has 0 aliphatic heterocycles. The lowest BCUT2D eigenvalue weighted by molar-refractivity contribution is 0.398. The van der Waals surface area contributed by atoms with Crippen molar-refractivity contribution in [3.05, 3.63) is 69.4 Å². The average molecular weight is 565 g/mol. The molecule has 0 atom stereocenters. The van der Waals surface area contributed by atoms with Crippen molar-refractivity contribution in [2.45, 2.75) is 71.1 Å². The number of rotatable bonds is 8. The molecule has 10 heteroatoms. The number of hydrogen-bond acceptors (Lipinski definition) is 8. The predicted molar refractivity (Wildman–Crippen MR) is 156 cm³/mol. The summed E-state index contributed by atoms with van der Waals surface area (Å²) in [6, 6.07) is 8.99. The Hall–Kier alpha value is -3.79. The molecule has 1 aromatic carbocycles. The van der Waals surface area contributed by atoms with E-state index in [2.05, 4.69) is 28.8 Å². The van der Waals surface area contributed by atoms with Gasteiger partial charge < -0.3 is 13.5 Å². The van der Waals surface area contributed by atoms with Crippen LogP contribution in [0, 0.1) is 6.92 Å². The number of aryl methyl sites for hydroxylation is 1. The minimum absolute atomic E-state index is 0.0637. The summed E-state index contributed by atoms with van der Waals surface area (Å²) in [5.74, 6) is 0.527. The number of benzene rings is 1. The summed E-state index contributed by atoms with van der Waals surface area (Å²) in [7, 11) is -1.21. The maximum Gasteiger partial charge on any atom is 0.341 e. The molecule has 0 spiro atoms. The van der Waals surface area contributed by atoms with E-state index in [0.29, 0.717) is 28.3 Å². The van der Waals surface area contributed by atoms with Crippen molar-refractivity contribution in [2.75, 3.05) is 7.11 Å². The minimum Gasteiger partial charge on any atom is -0.481 e. The lowest BCUT2D eigenvalue weighted by atomic mass is 9.89. The van der Waals surface area contributed by atoms with Gasteiger partial charge in [0.1, 0.15) is 16.2 Å². The highest BCUT2D eigenvalue weighted by molar-refractivity contribution is 7.87. The number of aromatic nitrogens is 4. The molecule has 0 N–H and O–H groups in total. The highest BCUT2D eigenvalue weighted by Gasteiger charge is 2.30. The quantitative estimate of drug-likeness (QED) is 0.245. The third-order valence-corrected chi connectivity index (χ3v) is 8.28. The number of fused-ring (bicyclic) bond motifs is 1. The first-order valence-corrected chi connectivity index (χ1v) is 14.7. The van der Waals surface area contributed by atoms with Crippen molar-refractivity contribution in [3.63, 3.8) is 0 Å². The van der Waals surface area contributed by atoms with Crippen molar-refractivity contribution in [2.24, 2.45) is 7.05 Å². The van der Waals surface area contributed by atoms with Gasteiger partial charge >= 0.3 is 10.1 Å². The highest BCUT2D eigenvalue weighted by Crippen LogP contribution is 2.37. The fourth-order valence-electron chi connectivity index (χ4n) is 4.67. The molecule has 0 radical (unpaired) electrons. The number of hydrogen-bond donors (Lipinski definition) is 0. The Kier molecular flexibility index (Phi) is 8.03. The summed E-state index contributed by atoms with van der Waals surface area (Å²) in [5.41, 5.74) is 3.21. The molecule has 9 nitrogen and oxygen atoms in total. The summed E-state index contributed by atoms with van der Waals surface area (Å²) in [6.07, 6.45) is 1.58. The minimum atomic E-state index is -4.35. The molecule has 212 valence electrons. The topological polar surface area (TPSA) is 113 Å². The first-order chi connectivity index (χ1) is 18.7. The van der Waals surface area contributed by atoms with E-state index < -0.39 is 15.7 Å². The number of ether oxygens (including phenoxy) is 1. The van der Waals surface area contributed by atoms with Gasteiger partial charge in [0.15, 0.2) is 0 Å². The van der Waals surface area contributed by atoms with Crippen LogP contribution in [0.2, 0.25) is 0 Å². The molecular formula is C30H36N4O5S. The Morgan fingerprint density at radius 3 is 2.02 bits per heavy atom. The summed E-state index contributed by atoms with van der Waals surface area (Å²) >= 11 is 0. The largest absolute Gasteiger partial charge is 0.481 e. The fraction of sp³-hybridized carbons (Fsp3) is 0.400. The fourth-order valence-corrected chi connectivity index (χ4v) is 6.25. The lowest BCUT2D eigenvalue weighted by Crippen LogP contribution is -2.22. The van der Waals surface area contributed by atoms with Gasteiger partial charge in [-0.05, 0) is 53.5 Å². The first-order valence-electron chi connectivity index (χ1n) is 13.3. The van der Waals surface area contributed by atoms with Gasteiger partial charge in [0, 0.05) is 24.9 Å². The first kappa shape index (κ1) is 29.2. The molecule has 0 unspecified atom stereocenters. The molecule has 0 aliphatic carbocycles. The Morgan fingerprint density at radius 2 is 1.52 bits per heavy atom. The predicted octanol–water partition coefficient (Wildman–Crippen LogP) is 5.85. The van der Waals surface area contributed by atoms with Crippen LogP contribution in [0.15, 0.2) is 46.2 Å². The summed E-state index contributed by atoms with van der Waals surface area (Å²) < 4.78 is 40.6. The smallest absolute Gasteiger partial charge is 0.341 e. The zero-order valence-electron chi connectivity index (χ0n) is 24.4. The van der Waals surface area contributed by atoms with Gasteiger partial charge in [-0.3, -0.25) is 4.79 Å². The van der Waals surface area contributed by atoms with Crippen molar-refractivity contribution >= 4 is 21.0 Å². The zero-order valence-corrected chi connectivity index (χ0v) is 25.3. The standard InChI is InChI=1S/C30H36N4O5S/c1-16(2)21-12-22(17(3)4)28(23(13-21)18(5)6)40(36,37)39-29-24-14-25(20-10-11-26(38-9)31-15-20)34(8)30(35)27(24)32-19(7)33-29/h10-18H,1-9H3. The third kappa shape index (κ3) is 5.45. The van der Waals surface area contributed by atoms with Crippen LogP contribution in [0.5, 0.6) is 11.8 Å². The van der Waals surface area contributed by atoms with E-state index in [4.69, 9.17) is 8.92 Å². The van der Waals surface area contributed by atoms with E-state index in [0.717, 1.165) is 5.56 Å². The van der Waals surface area contributed by atoms with Crippen LogP contribution in [0.4, 0.5) is 0 Å². The second kappa shape index (κ2) is 11.0. The zero-order chi connectivity index (χ0) is 29.5. The average Bonchev–Trinajstić information content (AvgIpc) is 2.90. The molecule has 0 fully saturated rings. The molecule has 4 rings (SSSR count). The number of nitrogens with zero attached hydrogens (tertiary/aromatic N) is 4. The molecule has 0 aliphatic rings. The Labute approximate surface area is 235 Å². The number of pyridine rings is 2. The van der Waals surface area contributed by atoms with Crippen molar-refractivity contribution in [1.29, 1.82) is 0 Å². The molecule has 3 heterocycles.